The summed E-state index contributed by atoms with van der Waals surface area (Å²) < 4.78 is 2.24. The molecule has 3 heterocycles. The third kappa shape index (κ3) is 4.62. The van der Waals surface area contributed by atoms with Gasteiger partial charge in [0.05, 0.1) is 5.56 Å². The summed E-state index contributed by atoms with van der Waals surface area (Å²) in [5, 5.41) is 10.1. The van der Waals surface area contributed by atoms with E-state index >= 15 is 0 Å². The van der Waals surface area contributed by atoms with E-state index in [1.54, 1.807) is 0 Å². The lowest BCUT2D eigenvalue weighted by Gasteiger charge is -2.53. The van der Waals surface area contributed by atoms with Gasteiger partial charge in [-0.3, -0.25) is 9.69 Å². The number of para-hydroxylation sites is 1. The number of aromatic nitrogens is 1. The SMILES string of the molecule is O=C(O)C(=O)c1cn(C2CC3CCC[C@H](C2)N3C2CCCCCCCCC2)c2ccccc12. The smallest absolute Gasteiger partial charge is 0.377 e. The highest BCUT2D eigenvalue weighted by Crippen LogP contribution is 2.43. The van der Waals surface area contributed by atoms with Gasteiger partial charge in [-0.1, -0.05) is 69.6 Å². The predicted octanol–water partition coefficient (Wildman–Crippen LogP) is 6.36. The van der Waals surface area contributed by atoms with Gasteiger partial charge in [0.1, 0.15) is 0 Å². The Bertz CT molecular complexity index is 972. The lowest BCUT2D eigenvalue weighted by atomic mass is 9.79. The minimum Gasteiger partial charge on any atom is -0.475 e. The maximum Gasteiger partial charge on any atom is 0.377 e. The van der Waals surface area contributed by atoms with Crippen LogP contribution in [0, 0.1) is 0 Å². The largest absolute Gasteiger partial charge is 0.475 e. The van der Waals surface area contributed by atoms with E-state index in [4.69, 9.17) is 0 Å². The van der Waals surface area contributed by atoms with Crippen molar-refractivity contribution >= 4 is 22.7 Å². The van der Waals surface area contributed by atoms with Gasteiger partial charge in [-0.25, -0.2) is 4.79 Å². The van der Waals surface area contributed by atoms with Crippen LogP contribution < -0.4 is 0 Å². The average molecular weight is 451 g/mol. The first-order valence-electron chi connectivity index (χ1n) is 13.3. The summed E-state index contributed by atoms with van der Waals surface area (Å²) >= 11 is 0. The minimum absolute atomic E-state index is 0.330. The maximum absolute atomic E-state index is 12.4. The van der Waals surface area contributed by atoms with E-state index in [-0.39, 0.29) is 0 Å². The Morgan fingerprint density at radius 2 is 1.30 bits per heavy atom. The molecule has 5 heteroatoms. The Balaban J connectivity index is 1.40. The Kier molecular flexibility index (Phi) is 6.86. The van der Waals surface area contributed by atoms with Crippen molar-refractivity contribution in [3.05, 3.63) is 36.0 Å². The Morgan fingerprint density at radius 1 is 0.727 bits per heavy atom. The summed E-state index contributed by atoms with van der Waals surface area (Å²) in [6.45, 7) is 0. The van der Waals surface area contributed by atoms with Gasteiger partial charge in [0, 0.05) is 41.3 Å². The molecule has 0 amide bonds. The monoisotopic (exact) mass is 450 g/mol. The third-order valence-electron chi connectivity index (χ3n) is 8.58. The number of rotatable bonds is 4. The van der Waals surface area contributed by atoms with Crippen molar-refractivity contribution in [2.24, 2.45) is 0 Å². The number of hydrogen-bond acceptors (Lipinski definition) is 3. The van der Waals surface area contributed by atoms with Gasteiger partial charge in [0.15, 0.2) is 0 Å². The first-order chi connectivity index (χ1) is 16.1. The fourth-order valence-electron chi connectivity index (χ4n) is 7.10. The molecule has 0 spiro atoms. The molecular weight excluding hydrogens is 412 g/mol. The van der Waals surface area contributed by atoms with Crippen LogP contribution >= 0.6 is 0 Å². The number of ketones is 1. The zero-order valence-electron chi connectivity index (χ0n) is 19.8. The second-order valence-electron chi connectivity index (χ2n) is 10.6. The predicted molar refractivity (Wildman–Crippen MR) is 131 cm³/mol. The molecule has 2 saturated heterocycles. The van der Waals surface area contributed by atoms with Crippen LogP contribution in [0.2, 0.25) is 0 Å². The van der Waals surface area contributed by atoms with Crippen molar-refractivity contribution in [2.45, 2.75) is 114 Å². The Hall–Kier alpha value is -2.14. The zero-order valence-corrected chi connectivity index (χ0v) is 19.8. The molecular formula is C28H38N2O3. The van der Waals surface area contributed by atoms with Crippen molar-refractivity contribution in [3.8, 4) is 0 Å². The molecule has 1 aliphatic carbocycles. The number of Topliss-reactive ketones (excluding diaryl/α,β-unsaturated/α-hetero) is 1. The van der Waals surface area contributed by atoms with Crippen LogP contribution in [-0.4, -0.2) is 44.5 Å². The normalized spacial score (nSPS) is 27.9. The van der Waals surface area contributed by atoms with Crippen LogP contribution in [0.1, 0.15) is 106 Å². The van der Waals surface area contributed by atoms with E-state index in [2.05, 4.69) is 9.47 Å². The van der Waals surface area contributed by atoms with E-state index in [1.807, 2.05) is 30.5 Å². The number of nitrogens with zero attached hydrogens (tertiary/aromatic N) is 2. The van der Waals surface area contributed by atoms with Crippen LogP contribution in [0.5, 0.6) is 0 Å². The molecule has 5 nitrogen and oxygen atoms in total. The van der Waals surface area contributed by atoms with E-state index in [0.29, 0.717) is 23.7 Å². The molecule has 3 aliphatic rings. The molecule has 1 N–H and O–H groups in total. The van der Waals surface area contributed by atoms with Crippen LogP contribution in [0.25, 0.3) is 10.9 Å². The van der Waals surface area contributed by atoms with Crippen molar-refractivity contribution in [1.82, 2.24) is 9.47 Å². The summed E-state index contributed by atoms with van der Waals surface area (Å²) in [5.74, 6) is -2.18. The lowest BCUT2D eigenvalue weighted by molar-refractivity contribution is -0.131. The molecule has 5 rings (SSSR count). The molecule has 1 aromatic carbocycles. The van der Waals surface area contributed by atoms with Gasteiger partial charge in [0.25, 0.3) is 5.78 Å². The summed E-state index contributed by atoms with van der Waals surface area (Å²) in [6, 6.07) is 10.1. The number of carbonyl (C=O) groups excluding carboxylic acids is 1. The van der Waals surface area contributed by atoms with Crippen molar-refractivity contribution in [1.29, 1.82) is 0 Å². The van der Waals surface area contributed by atoms with Crippen molar-refractivity contribution in [2.75, 3.05) is 0 Å². The maximum atomic E-state index is 12.4. The van der Waals surface area contributed by atoms with Crippen molar-refractivity contribution < 1.29 is 14.7 Å². The van der Waals surface area contributed by atoms with Gasteiger partial charge in [-0.15, -0.1) is 0 Å². The standard InChI is InChI=1S/C28H38N2O3/c31-27(28(32)33)25-19-29(26-16-9-8-15-24(25)26)23-17-21-13-10-14-22(18-23)30(21)20-11-6-4-2-1-3-5-7-12-20/h8-9,15-16,19-23H,1-7,10-14,17-18H2,(H,32,33)/t21-,22?,23?/m1/s1. The summed E-state index contributed by atoms with van der Waals surface area (Å²) in [6.07, 6.45) is 20.3. The number of fused-ring (bicyclic) bond motifs is 3. The quantitative estimate of drug-likeness (QED) is 0.435. The molecule has 2 bridgehead atoms. The van der Waals surface area contributed by atoms with E-state index in [0.717, 1.165) is 29.8 Å². The molecule has 2 unspecified atom stereocenters. The fraction of sp³-hybridized carbons (Fsp3) is 0.643. The van der Waals surface area contributed by atoms with Crippen LogP contribution in [0.15, 0.2) is 30.5 Å². The van der Waals surface area contributed by atoms with Gasteiger partial charge < -0.3 is 9.67 Å². The molecule has 2 aliphatic heterocycles. The zero-order chi connectivity index (χ0) is 22.8. The van der Waals surface area contributed by atoms with Crippen molar-refractivity contribution in [3.63, 3.8) is 0 Å². The topological polar surface area (TPSA) is 62.5 Å². The highest BCUT2D eigenvalue weighted by Gasteiger charge is 2.42. The number of aliphatic carboxylic acids is 1. The van der Waals surface area contributed by atoms with E-state index in [1.165, 1.54) is 77.0 Å². The molecule has 1 aromatic heterocycles. The molecule has 2 aromatic rings. The number of benzene rings is 1. The van der Waals surface area contributed by atoms with Gasteiger partial charge in [-0.05, 0) is 44.6 Å². The minimum atomic E-state index is -1.37. The molecule has 0 radical (unpaired) electrons. The lowest BCUT2D eigenvalue weighted by Crippen LogP contribution is -2.56. The number of hydrogen-bond donors (Lipinski definition) is 1. The van der Waals surface area contributed by atoms with E-state index < -0.39 is 11.8 Å². The number of carboxylic acids is 1. The number of carbonyl (C=O) groups is 2. The Morgan fingerprint density at radius 3 is 1.94 bits per heavy atom. The summed E-state index contributed by atoms with van der Waals surface area (Å²) in [7, 11) is 0. The van der Waals surface area contributed by atoms with Crippen LogP contribution in [0.3, 0.4) is 0 Å². The van der Waals surface area contributed by atoms with Crippen LogP contribution in [0.4, 0.5) is 0 Å². The van der Waals surface area contributed by atoms with Crippen LogP contribution in [-0.2, 0) is 4.79 Å². The van der Waals surface area contributed by atoms with Gasteiger partial charge in [-0.2, -0.15) is 0 Å². The first kappa shape index (κ1) is 22.6. The third-order valence-corrected chi connectivity index (χ3v) is 8.58. The fourth-order valence-corrected chi connectivity index (χ4v) is 7.10. The second-order valence-corrected chi connectivity index (χ2v) is 10.6. The number of piperidine rings is 2. The van der Waals surface area contributed by atoms with E-state index in [9.17, 15) is 14.7 Å². The highest BCUT2D eigenvalue weighted by molar-refractivity contribution is 6.42. The Labute approximate surface area is 197 Å². The first-order valence-corrected chi connectivity index (χ1v) is 13.3. The molecule has 3 fully saturated rings. The summed E-state index contributed by atoms with van der Waals surface area (Å²) in [5.41, 5.74) is 1.33. The van der Waals surface area contributed by atoms with Gasteiger partial charge in [0.2, 0.25) is 0 Å². The number of carboxylic acid groups (broad SMARTS) is 1. The average Bonchev–Trinajstić information content (AvgIpc) is 3.21. The molecule has 178 valence electrons. The highest BCUT2D eigenvalue weighted by atomic mass is 16.4. The van der Waals surface area contributed by atoms with Gasteiger partial charge >= 0.3 is 5.97 Å². The second kappa shape index (κ2) is 10.0. The molecule has 33 heavy (non-hydrogen) atoms. The molecule has 3 atom stereocenters. The summed E-state index contributed by atoms with van der Waals surface area (Å²) in [4.78, 5) is 26.8. The molecule has 1 saturated carbocycles.